The van der Waals surface area contributed by atoms with E-state index < -0.39 is 0 Å². The standard InChI is InChI=1S/C12H17ClN2OS/c1-15-11(12(14)16)6-7-17-8-9-4-2-3-5-10(9)13/h2-5,11,15H,6-8H2,1H3,(H2,14,16). The first kappa shape index (κ1) is 14.4. The number of carbonyl (C=O) groups excluding carboxylic acids is 1. The molecule has 1 atom stereocenters. The van der Waals surface area contributed by atoms with E-state index in [1.165, 1.54) is 0 Å². The van der Waals surface area contributed by atoms with Crippen LogP contribution in [-0.4, -0.2) is 24.7 Å². The number of thioether (sulfide) groups is 1. The molecule has 0 spiro atoms. The average molecular weight is 273 g/mol. The molecule has 0 saturated carbocycles. The third kappa shape index (κ3) is 4.98. The summed E-state index contributed by atoms with van der Waals surface area (Å²) < 4.78 is 0. The van der Waals surface area contributed by atoms with Gasteiger partial charge in [-0.3, -0.25) is 4.79 Å². The zero-order valence-corrected chi connectivity index (χ0v) is 11.4. The summed E-state index contributed by atoms with van der Waals surface area (Å²) in [6.07, 6.45) is 0.737. The molecular weight excluding hydrogens is 256 g/mol. The molecule has 0 radical (unpaired) electrons. The van der Waals surface area contributed by atoms with Crippen LogP contribution in [0.2, 0.25) is 5.02 Å². The quantitative estimate of drug-likeness (QED) is 0.747. The summed E-state index contributed by atoms with van der Waals surface area (Å²) in [6.45, 7) is 0. The second kappa shape index (κ2) is 7.58. The number of likely N-dealkylation sites (N-methyl/N-ethyl adjacent to an activating group) is 1. The molecule has 5 heteroatoms. The lowest BCUT2D eigenvalue weighted by atomic mass is 10.2. The van der Waals surface area contributed by atoms with Crippen molar-refractivity contribution in [2.75, 3.05) is 12.8 Å². The van der Waals surface area contributed by atoms with Crippen LogP contribution in [0, 0.1) is 0 Å². The minimum Gasteiger partial charge on any atom is -0.368 e. The zero-order chi connectivity index (χ0) is 12.7. The molecule has 17 heavy (non-hydrogen) atoms. The van der Waals surface area contributed by atoms with Crippen LogP contribution >= 0.6 is 23.4 Å². The summed E-state index contributed by atoms with van der Waals surface area (Å²) in [5.74, 6) is 1.43. The van der Waals surface area contributed by atoms with Gasteiger partial charge in [-0.05, 0) is 30.9 Å². The maximum absolute atomic E-state index is 11.0. The molecular formula is C12H17ClN2OS. The Kier molecular flexibility index (Phi) is 6.40. The minimum absolute atomic E-state index is 0.242. The molecule has 3 N–H and O–H groups in total. The zero-order valence-electron chi connectivity index (χ0n) is 9.78. The van der Waals surface area contributed by atoms with E-state index in [1.807, 2.05) is 24.3 Å². The average Bonchev–Trinajstić information content (AvgIpc) is 2.31. The largest absolute Gasteiger partial charge is 0.368 e. The lowest BCUT2D eigenvalue weighted by Crippen LogP contribution is -2.39. The second-order valence-electron chi connectivity index (χ2n) is 3.68. The lowest BCUT2D eigenvalue weighted by molar-refractivity contribution is -0.119. The van der Waals surface area contributed by atoms with E-state index in [2.05, 4.69) is 5.32 Å². The fraction of sp³-hybridized carbons (Fsp3) is 0.417. The summed E-state index contributed by atoms with van der Waals surface area (Å²) in [6, 6.07) is 7.55. The van der Waals surface area contributed by atoms with E-state index in [0.29, 0.717) is 0 Å². The Labute approximate surface area is 111 Å². The number of nitrogens with one attached hydrogen (secondary N) is 1. The van der Waals surface area contributed by atoms with Gasteiger partial charge in [-0.2, -0.15) is 11.8 Å². The highest BCUT2D eigenvalue weighted by Gasteiger charge is 2.11. The van der Waals surface area contributed by atoms with Crippen molar-refractivity contribution in [2.45, 2.75) is 18.2 Å². The number of carbonyl (C=O) groups is 1. The predicted molar refractivity (Wildman–Crippen MR) is 74.3 cm³/mol. The topological polar surface area (TPSA) is 55.1 Å². The third-order valence-electron chi connectivity index (χ3n) is 2.46. The van der Waals surface area contributed by atoms with Crippen LogP contribution in [0.5, 0.6) is 0 Å². The Hall–Kier alpha value is -0.710. The van der Waals surface area contributed by atoms with Gasteiger partial charge in [0.2, 0.25) is 5.91 Å². The Bertz CT molecular complexity index is 373. The van der Waals surface area contributed by atoms with Crippen LogP contribution in [0.15, 0.2) is 24.3 Å². The number of primary amides is 1. The van der Waals surface area contributed by atoms with Crippen molar-refractivity contribution < 1.29 is 4.79 Å². The number of amides is 1. The molecule has 1 aromatic rings. The summed E-state index contributed by atoms with van der Waals surface area (Å²) in [5.41, 5.74) is 6.36. The third-order valence-corrected chi connectivity index (χ3v) is 3.87. The highest BCUT2D eigenvalue weighted by Crippen LogP contribution is 2.21. The molecule has 0 bridgehead atoms. The van der Waals surface area contributed by atoms with Crippen molar-refractivity contribution in [3.05, 3.63) is 34.9 Å². The van der Waals surface area contributed by atoms with E-state index in [0.717, 1.165) is 28.5 Å². The number of hydrogen-bond donors (Lipinski definition) is 2. The first-order chi connectivity index (χ1) is 8.15. The van der Waals surface area contributed by atoms with Gasteiger partial charge in [-0.25, -0.2) is 0 Å². The van der Waals surface area contributed by atoms with Gasteiger partial charge >= 0.3 is 0 Å². The highest BCUT2D eigenvalue weighted by molar-refractivity contribution is 7.98. The molecule has 94 valence electrons. The normalized spacial score (nSPS) is 12.4. The van der Waals surface area contributed by atoms with Crippen LogP contribution in [-0.2, 0) is 10.5 Å². The highest BCUT2D eigenvalue weighted by atomic mass is 35.5. The van der Waals surface area contributed by atoms with Gasteiger partial charge in [-0.15, -0.1) is 0 Å². The molecule has 0 aliphatic carbocycles. The number of hydrogen-bond acceptors (Lipinski definition) is 3. The molecule has 0 aromatic heterocycles. The Balaban J connectivity index is 2.29. The maximum Gasteiger partial charge on any atom is 0.234 e. The molecule has 3 nitrogen and oxygen atoms in total. The number of halogens is 1. The van der Waals surface area contributed by atoms with Gasteiger partial charge in [0.15, 0.2) is 0 Å². The van der Waals surface area contributed by atoms with Crippen molar-refractivity contribution in [3.8, 4) is 0 Å². The van der Waals surface area contributed by atoms with Gasteiger partial charge in [-0.1, -0.05) is 29.8 Å². The Morgan fingerprint density at radius 1 is 1.53 bits per heavy atom. The van der Waals surface area contributed by atoms with Crippen molar-refractivity contribution in [1.82, 2.24) is 5.32 Å². The number of rotatable bonds is 7. The predicted octanol–water partition coefficient (Wildman–Crippen LogP) is 2.04. The van der Waals surface area contributed by atoms with Gasteiger partial charge in [0, 0.05) is 10.8 Å². The molecule has 1 rings (SSSR count). The van der Waals surface area contributed by atoms with E-state index >= 15 is 0 Å². The molecule has 0 aliphatic heterocycles. The molecule has 1 unspecified atom stereocenters. The van der Waals surface area contributed by atoms with Gasteiger partial charge in [0.25, 0.3) is 0 Å². The monoisotopic (exact) mass is 272 g/mol. The SMILES string of the molecule is CNC(CCSCc1ccccc1Cl)C(N)=O. The van der Waals surface area contributed by atoms with Gasteiger partial charge < -0.3 is 11.1 Å². The van der Waals surface area contributed by atoms with Crippen molar-refractivity contribution >= 4 is 29.3 Å². The molecule has 0 fully saturated rings. The van der Waals surface area contributed by atoms with E-state index in [-0.39, 0.29) is 11.9 Å². The van der Waals surface area contributed by atoms with E-state index in [4.69, 9.17) is 17.3 Å². The lowest BCUT2D eigenvalue weighted by Gasteiger charge is -2.11. The minimum atomic E-state index is -0.300. The molecule has 0 heterocycles. The van der Waals surface area contributed by atoms with Crippen LogP contribution in [0.3, 0.4) is 0 Å². The van der Waals surface area contributed by atoms with Crippen molar-refractivity contribution in [3.63, 3.8) is 0 Å². The summed E-state index contributed by atoms with van der Waals surface area (Å²) >= 11 is 7.79. The summed E-state index contributed by atoms with van der Waals surface area (Å²) in [7, 11) is 1.74. The fourth-order valence-electron chi connectivity index (χ4n) is 1.43. The molecule has 1 amide bonds. The Morgan fingerprint density at radius 3 is 2.82 bits per heavy atom. The second-order valence-corrected chi connectivity index (χ2v) is 5.19. The van der Waals surface area contributed by atoms with E-state index in [1.54, 1.807) is 18.8 Å². The maximum atomic E-state index is 11.0. The summed E-state index contributed by atoms with van der Waals surface area (Å²) in [5, 5.41) is 3.69. The first-order valence-electron chi connectivity index (χ1n) is 5.43. The summed E-state index contributed by atoms with van der Waals surface area (Å²) in [4.78, 5) is 11.0. The van der Waals surface area contributed by atoms with Gasteiger partial charge in [0.05, 0.1) is 6.04 Å². The van der Waals surface area contributed by atoms with Gasteiger partial charge in [0.1, 0.15) is 0 Å². The fourth-order valence-corrected chi connectivity index (χ4v) is 2.73. The first-order valence-corrected chi connectivity index (χ1v) is 6.96. The smallest absolute Gasteiger partial charge is 0.234 e. The molecule has 0 aliphatic rings. The molecule has 0 saturated heterocycles. The molecule has 1 aromatic carbocycles. The van der Waals surface area contributed by atoms with Crippen LogP contribution in [0.1, 0.15) is 12.0 Å². The van der Waals surface area contributed by atoms with Crippen molar-refractivity contribution in [1.29, 1.82) is 0 Å². The van der Waals surface area contributed by atoms with Crippen LogP contribution in [0.4, 0.5) is 0 Å². The number of benzene rings is 1. The van der Waals surface area contributed by atoms with Crippen LogP contribution in [0.25, 0.3) is 0 Å². The van der Waals surface area contributed by atoms with E-state index in [9.17, 15) is 4.79 Å². The van der Waals surface area contributed by atoms with Crippen LogP contribution < -0.4 is 11.1 Å². The number of nitrogens with two attached hydrogens (primary N) is 1. The Morgan fingerprint density at radius 2 is 2.24 bits per heavy atom. The van der Waals surface area contributed by atoms with Crippen molar-refractivity contribution in [2.24, 2.45) is 5.73 Å².